The SMILES string of the molecule is CC.CC(=O)c1ccc(C2CCN(C)CC2)cc1. The standard InChI is InChI=1S/C14H19NO.C2H6/c1-11(16)12-3-5-13(6-4-12)14-7-9-15(2)10-8-14;1-2/h3-6,14H,7-10H2,1-2H3;1-2H3. The van der Waals surface area contributed by atoms with Gasteiger partial charge in [-0.2, -0.15) is 0 Å². The van der Waals surface area contributed by atoms with Gasteiger partial charge in [0, 0.05) is 5.56 Å². The van der Waals surface area contributed by atoms with Gasteiger partial charge in [-0.25, -0.2) is 0 Å². The molecule has 0 atom stereocenters. The van der Waals surface area contributed by atoms with Gasteiger partial charge in [0.15, 0.2) is 5.78 Å². The number of hydrogen-bond acceptors (Lipinski definition) is 2. The second-order valence-corrected chi connectivity index (χ2v) is 4.76. The first-order valence-electron chi connectivity index (χ1n) is 6.96. The Morgan fingerprint density at radius 3 is 2.06 bits per heavy atom. The number of nitrogens with zero attached hydrogens (tertiary/aromatic N) is 1. The summed E-state index contributed by atoms with van der Waals surface area (Å²) in [5.74, 6) is 0.826. The molecule has 18 heavy (non-hydrogen) atoms. The summed E-state index contributed by atoms with van der Waals surface area (Å²) in [5, 5.41) is 0. The van der Waals surface area contributed by atoms with E-state index in [1.807, 2.05) is 26.0 Å². The van der Waals surface area contributed by atoms with Gasteiger partial charge in [0.25, 0.3) is 0 Å². The molecule has 0 aliphatic carbocycles. The molecule has 2 rings (SSSR count). The molecule has 1 aromatic carbocycles. The van der Waals surface area contributed by atoms with E-state index in [2.05, 4.69) is 24.1 Å². The van der Waals surface area contributed by atoms with Crippen LogP contribution in [0.2, 0.25) is 0 Å². The first-order valence-corrected chi connectivity index (χ1v) is 6.96. The van der Waals surface area contributed by atoms with E-state index in [1.54, 1.807) is 6.92 Å². The Labute approximate surface area is 111 Å². The summed E-state index contributed by atoms with van der Waals surface area (Å²) in [6, 6.07) is 8.14. The van der Waals surface area contributed by atoms with Crippen molar-refractivity contribution in [3.05, 3.63) is 35.4 Å². The summed E-state index contributed by atoms with van der Waals surface area (Å²) in [7, 11) is 2.18. The van der Waals surface area contributed by atoms with E-state index in [-0.39, 0.29) is 5.78 Å². The Morgan fingerprint density at radius 1 is 1.11 bits per heavy atom. The number of rotatable bonds is 2. The smallest absolute Gasteiger partial charge is 0.159 e. The van der Waals surface area contributed by atoms with Crippen LogP contribution in [-0.4, -0.2) is 30.8 Å². The first-order chi connectivity index (χ1) is 8.66. The molecule has 2 nitrogen and oxygen atoms in total. The van der Waals surface area contributed by atoms with Gasteiger partial charge in [-0.3, -0.25) is 4.79 Å². The van der Waals surface area contributed by atoms with E-state index in [9.17, 15) is 4.79 Å². The maximum absolute atomic E-state index is 11.2. The molecule has 1 aliphatic heterocycles. The molecule has 0 spiro atoms. The zero-order valence-corrected chi connectivity index (χ0v) is 12.1. The average molecular weight is 247 g/mol. The minimum Gasteiger partial charge on any atom is -0.306 e. The Balaban J connectivity index is 0.000000771. The highest BCUT2D eigenvalue weighted by Gasteiger charge is 2.18. The fraction of sp³-hybridized carbons (Fsp3) is 0.562. The number of benzene rings is 1. The number of likely N-dealkylation sites (tertiary alicyclic amines) is 1. The summed E-state index contributed by atoms with van der Waals surface area (Å²) in [6.07, 6.45) is 2.46. The van der Waals surface area contributed by atoms with E-state index in [4.69, 9.17) is 0 Å². The van der Waals surface area contributed by atoms with Crippen LogP contribution in [-0.2, 0) is 0 Å². The number of Topliss-reactive ketones (excluding diaryl/α,β-unsaturated/α-hetero) is 1. The normalized spacial score (nSPS) is 16.9. The lowest BCUT2D eigenvalue weighted by Crippen LogP contribution is -2.29. The predicted octanol–water partition coefficient (Wildman–Crippen LogP) is 3.72. The first kappa shape index (κ1) is 14.9. The van der Waals surface area contributed by atoms with Gasteiger partial charge < -0.3 is 4.90 Å². The minimum absolute atomic E-state index is 0.148. The van der Waals surface area contributed by atoms with Crippen LogP contribution in [0.4, 0.5) is 0 Å². The molecule has 1 aromatic rings. The highest BCUT2D eigenvalue weighted by molar-refractivity contribution is 5.94. The molecule has 1 saturated heterocycles. The van der Waals surface area contributed by atoms with Crippen LogP contribution in [0.25, 0.3) is 0 Å². The van der Waals surface area contributed by atoms with Crippen molar-refractivity contribution in [3.63, 3.8) is 0 Å². The number of hydrogen-bond donors (Lipinski definition) is 0. The lowest BCUT2D eigenvalue weighted by molar-refractivity contribution is 0.101. The number of piperidine rings is 1. The third-order valence-electron chi connectivity index (χ3n) is 3.51. The van der Waals surface area contributed by atoms with Crippen molar-refractivity contribution in [2.24, 2.45) is 0 Å². The average Bonchev–Trinajstić information content (AvgIpc) is 2.42. The zero-order valence-electron chi connectivity index (χ0n) is 12.1. The molecule has 1 heterocycles. The van der Waals surface area contributed by atoms with E-state index in [1.165, 1.54) is 31.5 Å². The fourth-order valence-corrected chi connectivity index (χ4v) is 2.33. The molecule has 0 bridgehead atoms. The topological polar surface area (TPSA) is 20.3 Å². The monoisotopic (exact) mass is 247 g/mol. The Kier molecular flexibility index (Phi) is 6.06. The van der Waals surface area contributed by atoms with E-state index < -0.39 is 0 Å². The van der Waals surface area contributed by atoms with Gasteiger partial charge in [-0.1, -0.05) is 38.1 Å². The van der Waals surface area contributed by atoms with Crippen molar-refractivity contribution in [2.75, 3.05) is 20.1 Å². The lowest BCUT2D eigenvalue weighted by Gasteiger charge is -2.29. The lowest BCUT2D eigenvalue weighted by atomic mass is 9.89. The van der Waals surface area contributed by atoms with Gasteiger partial charge in [0.05, 0.1) is 0 Å². The van der Waals surface area contributed by atoms with Crippen LogP contribution < -0.4 is 0 Å². The van der Waals surface area contributed by atoms with Crippen LogP contribution in [0.3, 0.4) is 0 Å². The van der Waals surface area contributed by atoms with Gasteiger partial charge in [-0.05, 0) is 51.4 Å². The molecule has 0 unspecified atom stereocenters. The number of ketones is 1. The molecular formula is C16H25NO. The van der Waals surface area contributed by atoms with Crippen LogP contribution in [0.5, 0.6) is 0 Å². The van der Waals surface area contributed by atoms with E-state index in [0.29, 0.717) is 5.92 Å². The van der Waals surface area contributed by atoms with E-state index >= 15 is 0 Å². The molecule has 100 valence electrons. The van der Waals surface area contributed by atoms with Crippen molar-refractivity contribution < 1.29 is 4.79 Å². The molecule has 0 aromatic heterocycles. The predicted molar refractivity (Wildman–Crippen MR) is 77.3 cm³/mol. The molecule has 2 heteroatoms. The molecule has 0 saturated carbocycles. The zero-order chi connectivity index (χ0) is 13.5. The Bertz CT molecular complexity index is 361. The largest absolute Gasteiger partial charge is 0.306 e. The maximum atomic E-state index is 11.2. The van der Waals surface area contributed by atoms with Crippen LogP contribution >= 0.6 is 0 Å². The minimum atomic E-state index is 0.148. The highest BCUT2D eigenvalue weighted by atomic mass is 16.1. The van der Waals surface area contributed by atoms with Gasteiger partial charge in [0.1, 0.15) is 0 Å². The summed E-state index contributed by atoms with van der Waals surface area (Å²) < 4.78 is 0. The molecule has 1 fully saturated rings. The molecule has 0 N–H and O–H groups in total. The summed E-state index contributed by atoms with van der Waals surface area (Å²) in [6.45, 7) is 7.98. The van der Waals surface area contributed by atoms with Gasteiger partial charge in [-0.15, -0.1) is 0 Å². The van der Waals surface area contributed by atoms with Crippen molar-refractivity contribution in [3.8, 4) is 0 Å². The maximum Gasteiger partial charge on any atom is 0.159 e. The van der Waals surface area contributed by atoms with Crippen molar-refractivity contribution in [2.45, 2.75) is 39.5 Å². The Hall–Kier alpha value is -1.15. The summed E-state index contributed by atoms with van der Waals surface area (Å²) >= 11 is 0. The van der Waals surface area contributed by atoms with Gasteiger partial charge >= 0.3 is 0 Å². The van der Waals surface area contributed by atoms with Crippen LogP contribution in [0, 0.1) is 0 Å². The molecule has 0 radical (unpaired) electrons. The number of carbonyl (C=O) groups is 1. The molecule has 1 aliphatic rings. The number of carbonyl (C=O) groups excluding carboxylic acids is 1. The third kappa shape index (κ3) is 3.95. The second kappa shape index (κ2) is 7.32. The second-order valence-electron chi connectivity index (χ2n) is 4.76. The third-order valence-corrected chi connectivity index (χ3v) is 3.51. The van der Waals surface area contributed by atoms with E-state index in [0.717, 1.165) is 5.56 Å². The van der Waals surface area contributed by atoms with Crippen molar-refractivity contribution in [1.29, 1.82) is 0 Å². The fourth-order valence-electron chi connectivity index (χ4n) is 2.33. The van der Waals surface area contributed by atoms with Gasteiger partial charge in [0.2, 0.25) is 0 Å². The quantitative estimate of drug-likeness (QED) is 0.742. The summed E-state index contributed by atoms with van der Waals surface area (Å²) in [5.41, 5.74) is 2.20. The summed E-state index contributed by atoms with van der Waals surface area (Å²) in [4.78, 5) is 13.5. The highest BCUT2D eigenvalue weighted by Crippen LogP contribution is 2.27. The van der Waals surface area contributed by atoms with Crippen LogP contribution in [0.1, 0.15) is 55.5 Å². The Morgan fingerprint density at radius 2 is 1.61 bits per heavy atom. The van der Waals surface area contributed by atoms with Crippen molar-refractivity contribution in [1.82, 2.24) is 4.90 Å². The molecule has 0 amide bonds. The molecular weight excluding hydrogens is 222 g/mol. The van der Waals surface area contributed by atoms with Crippen LogP contribution in [0.15, 0.2) is 24.3 Å². The van der Waals surface area contributed by atoms with Crippen molar-refractivity contribution >= 4 is 5.78 Å².